The molecule has 1 aliphatic heterocycles. The Kier molecular flexibility index (Phi) is 9.79. The molecule has 5 N–H and O–H groups in total. The van der Waals surface area contributed by atoms with E-state index >= 15 is 8.78 Å². The molecule has 1 amide bonds. The number of ether oxygens (including phenoxy) is 2. The van der Waals surface area contributed by atoms with Gasteiger partial charge in [0.2, 0.25) is 11.8 Å². The number of amides is 1. The molecular weight excluding hydrogens is 665 g/mol. The van der Waals surface area contributed by atoms with Gasteiger partial charge in [0.05, 0.1) is 13.1 Å². The van der Waals surface area contributed by atoms with Gasteiger partial charge in [0.25, 0.3) is 11.5 Å². The van der Waals surface area contributed by atoms with E-state index in [1.807, 2.05) is 30.3 Å². The number of carbonyl (C=O) groups excluding carboxylic acids is 1. The SMILES string of the molecule is CO[C@]1(C#Cc2cccc(N)n2)CC[C@@H](C(=O)N2CC[C@](O)(Cn3cnc(Oc4ccc(F)cc4)c(N)c3=O)C(F)(F)C2)[C@H](c2ccccc2)C1. The molecule has 4 atom stereocenters. The van der Waals surface area contributed by atoms with Crippen LogP contribution in [0, 0.1) is 23.6 Å². The topological polar surface area (TPSA) is 159 Å². The van der Waals surface area contributed by atoms with Gasteiger partial charge in [-0.05, 0) is 73.1 Å². The van der Waals surface area contributed by atoms with Crippen molar-refractivity contribution in [2.45, 2.75) is 55.3 Å². The van der Waals surface area contributed by atoms with Crippen LogP contribution in [0.2, 0.25) is 0 Å². The van der Waals surface area contributed by atoms with Gasteiger partial charge >= 0.3 is 0 Å². The molecule has 4 aromatic rings. The van der Waals surface area contributed by atoms with Crippen molar-refractivity contribution < 1.29 is 32.5 Å². The van der Waals surface area contributed by atoms with E-state index < -0.39 is 71.4 Å². The smallest absolute Gasteiger partial charge is 0.295 e. The molecule has 51 heavy (non-hydrogen) atoms. The molecule has 2 aliphatic rings. The predicted octanol–water partition coefficient (Wildman–Crippen LogP) is 4.35. The molecular formula is C37H37F3N6O5. The quantitative estimate of drug-likeness (QED) is 0.238. The van der Waals surface area contributed by atoms with Crippen molar-refractivity contribution in [3.63, 3.8) is 0 Å². The van der Waals surface area contributed by atoms with Gasteiger partial charge in [0.15, 0.2) is 5.69 Å². The number of nitrogens with zero attached hydrogens (tertiary/aromatic N) is 4. The number of pyridine rings is 1. The third-order valence-electron chi connectivity index (χ3n) is 9.69. The van der Waals surface area contributed by atoms with Gasteiger partial charge in [-0.15, -0.1) is 0 Å². The minimum Gasteiger partial charge on any atom is -0.437 e. The van der Waals surface area contributed by atoms with Gasteiger partial charge in [-0.1, -0.05) is 42.3 Å². The summed E-state index contributed by atoms with van der Waals surface area (Å²) in [6, 6.07) is 19.4. The van der Waals surface area contributed by atoms with Gasteiger partial charge in [0, 0.05) is 26.0 Å². The molecule has 2 aromatic heterocycles. The highest BCUT2D eigenvalue weighted by Gasteiger charge is 2.58. The highest BCUT2D eigenvalue weighted by atomic mass is 19.3. The molecule has 1 aliphatic carbocycles. The van der Waals surface area contributed by atoms with Gasteiger partial charge in [0.1, 0.15) is 40.6 Å². The number of rotatable bonds is 7. The molecule has 0 bridgehead atoms. The largest absolute Gasteiger partial charge is 0.437 e. The average molecular weight is 703 g/mol. The monoisotopic (exact) mass is 702 g/mol. The van der Waals surface area contributed by atoms with Crippen molar-refractivity contribution in [2.75, 3.05) is 31.7 Å². The first-order chi connectivity index (χ1) is 24.3. The summed E-state index contributed by atoms with van der Waals surface area (Å²) >= 11 is 0. The first-order valence-corrected chi connectivity index (χ1v) is 16.4. The number of likely N-dealkylation sites (tertiary alicyclic amines) is 1. The minimum absolute atomic E-state index is 0.151. The van der Waals surface area contributed by atoms with Crippen LogP contribution in [0.15, 0.2) is 83.9 Å². The molecule has 3 heterocycles. The molecule has 0 unspecified atom stereocenters. The lowest BCUT2D eigenvalue weighted by molar-refractivity contribution is -0.223. The lowest BCUT2D eigenvalue weighted by atomic mass is 9.68. The molecule has 266 valence electrons. The van der Waals surface area contributed by atoms with Crippen molar-refractivity contribution in [1.29, 1.82) is 0 Å². The van der Waals surface area contributed by atoms with Crippen molar-refractivity contribution in [3.8, 4) is 23.5 Å². The number of aromatic nitrogens is 3. The molecule has 1 saturated heterocycles. The summed E-state index contributed by atoms with van der Waals surface area (Å²) in [5.74, 6) is 0.590. The van der Waals surface area contributed by atoms with Crippen LogP contribution >= 0.6 is 0 Å². The van der Waals surface area contributed by atoms with E-state index in [9.17, 15) is 19.1 Å². The van der Waals surface area contributed by atoms with E-state index in [1.165, 1.54) is 12.1 Å². The Labute approximate surface area is 292 Å². The maximum absolute atomic E-state index is 15.9. The summed E-state index contributed by atoms with van der Waals surface area (Å²) in [4.78, 5) is 36.4. The van der Waals surface area contributed by atoms with Crippen LogP contribution in [-0.2, 0) is 16.1 Å². The molecule has 0 spiro atoms. The number of nitrogens with two attached hydrogens (primary N) is 2. The van der Waals surface area contributed by atoms with Crippen LogP contribution in [0.25, 0.3) is 0 Å². The fourth-order valence-corrected chi connectivity index (χ4v) is 6.75. The van der Waals surface area contributed by atoms with Crippen LogP contribution in [0.3, 0.4) is 0 Å². The molecule has 11 nitrogen and oxygen atoms in total. The molecule has 2 aromatic carbocycles. The van der Waals surface area contributed by atoms with E-state index in [4.69, 9.17) is 20.9 Å². The Bertz CT molecular complexity index is 2020. The number of alkyl halides is 2. The minimum atomic E-state index is -3.80. The highest BCUT2D eigenvalue weighted by molar-refractivity contribution is 5.80. The summed E-state index contributed by atoms with van der Waals surface area (Å²) in [5, 5.41) is 11.3. The van der Waals surface area contributed by atoms with Crippen molar-refractivity contribution in [2.24, 2.45) is 5.92 Å². The third-order valence-corrected chi connectivity index (χ3v) is 9.69. The van der Waals surface area contributed by atoms with Gasteiger partial charge in [-0.25, -0.2) is 23.1 Å². The molecule has 0 radical (unpaired) electrons. The second-order valence-electron chi connectivity index (χ2n) is 13.0. The van der Waals surface area contributed by atoms with Crippen LogP contribution in [-0.4, -0.2) is 67.8 Å². The number of hydrogen-bond donors (Lipinski definition) is 3. The molecule has 2 fully saturated rings. The Hall–Kier alpha value is -5.39. The molecule has 1 saturated carbocycles. The fraction of sp³-hybridized carbons (Fsp3) is 0.351. The standard InChI is InChI=1S/C37H37F3N6O5/c1-50-35(16-14-26-8-5-9-30(41)44-26)17-15-28(29(20-35)24-6-3-2-4-7-24)33(47)45-19-18-36(49,37(39,40)22-45)21-46-23-43-32(31(42)34(46)48)51-27-12-10-25(38)11-13-27/h2-13,23,28-29,49H,15,17-22,42H2,1H3,(H2,41,44)/t28-,29+,35-,36+/m1/s1. The Morgan fingerprint density at radius 2 is 1.80 bits per heavy atom. The van der Waals surface area contributed by atoms with Gasteiger partial charge in [-0.3, -0.25) is 14.2 Å². The number of carbonyl (C=O) groups is 1. The Morgan fingerprint density at radius 3 is 2.49 bits per heavy atom. The predicted molar refractivity (Wildman–Crippen MR) is 182 cm³/mol. The number of anilines is 2. The van der Waals surface area contributed by atoms with Crippen LogP contribution in [0.1, 0.15) is 42.9 Å². The number of hydrogen-bond acceptors (Lipinski definition) is 9. The number of nitrogen functional groups attached to an aromatic ring is 2. The highest BCUT2D eigenvalue weighted by Crippen LogP contribution is 2.46. The van der Waals surface area contributed by atoms with Gasteiger partial charge in [-0.2, -0.15) is 0 Å². The first kappa shape index (κ1) is 35.4. The number of benzene rings is 2. The van der Waals surface area contributed by atoms with E-state index in [0.717, 1.165) is 33.5 Å². The summed E-state index contributed by atoms with van der Waals surface area (Å²) in [5.41, 5.74) is 8.04. The van der Waals surface area contributed by atoms with Crippen LogP contribution < -0.4 is 21.8 Å². The summed E-state index contributed by atoms with van der Waals surface area (Å²) in [6.45, 7) is -2.06. The number of methoxy groups -OCH3 is 1. The first-order valence-electron chi connectivity index (χ1n) is 16.4. The Balaban J connectivity index is 1.19. The second-order valence-corrected chi connectivity index (χ2v) is 13.0. The fourth-order valence-electron chi connectivity index (χ4n) is 6.75. The van der Waals surface area contributed by atoms with E-state index in [1.54, 1.807) is 25.3 Å². The summed E-state index contributed by atoms with van der Waals surface area (Å²) in [6.07, 6.45) is 1.43. The van der Waals surface area contributed by atoms with Crippen molar-refractivity contribution in [1.82, 2.24) is 19.4 Å². The average Bonchev–Trinajstić information content (AvgIpc) is 3.13. The number of aliphatic hydroxyl groups is 1. The summed E-state index contributed by atoms with van der Waals surface area (Å²) < 4.78 is 57.3. The maximum Gasteiger partial charge on any atom is 0.295 e. The van der Waals surface area contributed by atoms with E-state index in [2.05, 4.69) is 21.8 Å². The third kappa shape index (κ3) is 7.40. The molecule has 14 heteroatoms. The van der Waals surface area contributed by atoms with Gasteiger partial charge < -0.3 is 30.9 Å². The zero-order valence-electron chi connectivity index (χ0n) is 27.8. The number of piperidine rings is 1. The van der Waals surface area contributed by atoms with Crippen molar-refractivity contribution >= 4 is 17.4 Å². The van der Waals surface area contributed by atoms with Crippen molar-refractivity contribution in [3.05, 3.63) is 107 Å². The Morgan fingerprint density at radius 1 is 1.06 bits per heavy atom. The maximum atomic E-state index is 15.9. The normalized spacial score (nSPS) is 24.3. The van der Waals surface area contributed by atoms with Crippen LogP contribution in [0.5, 0.6) is 11.6 Å². The zero-order valence-corrected chi connectivity index (χ0v) is 27.8. The molecule has 6 rings (SSSR count). The number of halogens is 3. The zero-order chi connectivity index (χ0) is 36.4. The lowest BCUT2D eigenvalue weighted by Gasteiger charge is -2.47. The van der Waals surface area contributed by atoms with Crippen LogP contribution in [0.4, 0.5) is 24.7 Å². The lowest BCUT2D eigenvalue weighted by Crippen LogP contribution is -2.64. The summed E-state index contributed by atoms with van der Waals surface area (Å²) in [7, 11) is 1.55. The van der Waals surface area contributed by atoms with E-state index in [-0.39, 0.29) is 18.2 Å². The van der Waals surface area contributed by atoms with E-state index in [0.29, 0.717) is 30.8 Å². The second kappa shape index (κ2) is 14.1.